The monoisotopic (exact) mass is 242 g/mol. The van der Waals surface area contributed by atoms with E-state index < -0.39 is 5.97 Å². The summed E-state index contributed by atoms with van der Waals surface area (Å²) in [6, 6.07) is -0.446. The Morgan fingerprint density at radius 3 is 2.59 bits per heavy atom. The van der Waals surface area contributed by atoms with Crippen molar-refractivity contribution in [3.63, 3.8) is 0 Å². The molecule has 1 rings (SSSR count). The summed E-state index contributed by atoms with van der Waals surface area (Å²) in [5.74, 6) is -0.499. The molecule has 0 aromatic carbocycles. The van der Waals surface area contributed by atoms with Gasteiger partial charge in [0.2, 0.25) is 0 Å². The molecule has 5 heteroatoms. The first-order valence-electron chi connectivity index (χ1n) is 6.39. The topological polar surface area (TPSA) is 78.4 Å². The van der Waals surface area contributed by atoms with Gasteiger partial charge in [-0.15, -0.1) is 0 Å². The van der Waals surface area contributed by atoms with Gasteiger partial charge in [0.15, 0.2) is 0 Å². The highest BCUT2D eigenvalue weighted by Gasteiger charge is 2.33. The number of nitrogens with one attached hydrogen (secondary N) is 2. The summed E-state index contributed by atoms with van der Waals surface area (Å²) >= 11 is 0. The Morgan fingerprint density at radius 1 is 1.35 bits per heavy atom. The quantitative estimate of drug-likeness (QED) is 0.567. The van der Waals surface area contributed by atoms with Gasteiger partial charge in [-0.1, -0.05) is 19.8 Å². The lowest BCUT2D eigenvalue weighted by Crippen LogP contribution is -2.44. The maximum absolute atomic E-state index is 11.5. The van der Waals surface area contributed by atoms with Gasteiger partial charge in [-0.25, -0.2) is 4.79 Å². The first kappa shape index (κ1) is 13.8. The van der Waals surface area contributed by atoms with Crippen LogP contribution in [0.5, 0.6) is 0 Å². The molecule has 1 atom stereocenters. The van der Waals surface area contributed by atoms with Crippen LogP contribution in [0.1, 0.15) is 45.4 Å². The van der Waals surface area contributed by atoms with E-state index in [0.717, 1.165) is 32.1 Å². The fraction of sp³-hybridized carbons (Fsp3) is 0.833. The Hall–Kier alpha value is -1.26. The van der Waals surface area contributed by atoms with Gasteiger partial charge in [0.05, 0.1) is 6.42 Å². The van der Waals surface area contributed by atoms with Gasteiger partial charge in [-0.3, -0.25) is 4.79 Å². The van der Waals surface area contributed by atoms with Crippen molar-refractivity contribution in [3.8, 4) is 0 Å². The van der Waals surface area contributed by atoms with Crippen LogP contribution < -0.4 is 10.6 Å². The van der Waals surface area contributed by atoms with Crippen LogP contribution in [0.25, 0.3) is 0 Å². The van der Waals surface area contributed by atoms with E-state index in [2.05, 4.69) is 17.6 Å². The highest BCUT2D eigenvalue weighted by atomic mass is 16.4. The minimum absolute atomic E-state index is 0.0209. The molecule has 0 aliphatic heterocycles. The minimum Gasteiger partial charge on any atom is -0.481 e. The number of carboxylic acid groups (broad SMARTS) is 1. The molecule has 0 aromatic heterocycles. The molecule has 0 spiro atoms. The molecule has 1 fully saturated rings. The predicted molar refractivity (Wildman–Crippen MR) is 64.8 cm³/mol. The third-order valence-corrected chi connectivity index (χ3v) is 2.97. The van der Waals surface area contributed by atoms with Gasteiger partial charge >= 0.3 is 12.0 Å². The van der Waals surface area contributed by atoms with E-state index in [9.17, 15) is 9.59 Å². The number of carboxylic acids is 1. The summed E-state index contributed by atoms with van der Waals surface area (Å²) in [5, 5.41) is 14.3. The summed E-state index contributed by atoms with van der Waals surface area (Å²) in [6.45, 7) is 2.76. The number of urea groups is 1. The second-order valence-electron chi connectivity index (χ2n) is 4.65. The fourth-order valence-corrected chi connectivity index (χ4v) is 1.82. The number of unbranched alkanes of at least 4 members (excludes halogenated alkanes) is 2. The van der Waals surface area contributed by atoms with Crippen LogP contribution in [0.2, 0.25) is 0 Å². The standard InChI is InChI=1S/C12H22N2O3/c1-2-3-4-7-13-12(17)14-10(8-11(15)16)9-5-6-9/h9-10H,2-8H2,1H3,(H,15,16)(H2,13,14,17). The number of carbonyl (C=O) groups is 2. The highest BCUT2D eigenvalue weighted by molar-refractivity contribution is 5.75. The molecule has 5 nitrogen and oxygen atoms in total. The Morgan fingerprint density at radius 2 is 2.06 bits per heavy atom. The highest BCUT2D eigenvalue weighted by Crippen LogP contribution is 2.33. The van der Waals surface area contributed by atoms with Gasteiger partial charge in [-0.2, -0.15) is 0 Å². The van der Waals surface area contributed by atoms with Crippen LogP contribution >= 0.6 is 0 Å². The maximum Gasteiger partial charge on any atom is 0.315 e. The van der Waals surface area contributed by atoms with E-state index in [1.54, 1.807) is 0 Å². The molecule has 2 amide bonds. The van der Waals surface area contributed by atoms with Crippen LogP contribution in [-0.2, 0) is 4.79 Å². The molecule has 1 aliphatic carbocycles. The summed E-state index contributed by atoms with van der Waals surface area (Å²) in [7, 11) is 0. The van der Waals surface area contributed by atoms with Gasteiger partial charge in [0.25, 0.3) is 0 Å². The van der Waals surface area contributed by atoms with E-state index in [4.69, 9.17) is 5.11 Å². The zero-order chi connectivity index (χ0) is 12.7. The summed E-state index contributed by atoms with van der Waals surface area (Å²) in [6.07, 6.45) is 5.25. The predicted octanol–water partition coefficient (Wildman–Crippen LogP) is 1.73. The second-order valence-corrected chi connectivity index (χ2v) is 4.65. The van der Waals surface area contributed by atoms with Crippen molar-refractivity contribution in [2.75, 3.05) is 6.54 Å². The van der Waals surface area contributed by atoms with Crippen LogP contribution in [0.4, 0.5) is 4.79 Å². The van der Waals surface area contributed by atoms with Crippen molar-refractivity contribution >= 4 is 12.0 Å². The van der Waals surface area contributed by atoms with E-state index in [-0.39, 0.29) is 18.5 Å². The number of carbonyl (C=O) groups excluding carboxylic acids is 1. The fourth-order valence-electron chi connectivity index (χ4n) is 1.82. The van der Waals surface area contributed by atoms with E-state index in [1.165, 1.54) is 0 Å². The summed E-state index contributed by atoms with van der Waals surface area (Å²) < 4.78 is 0. The van der Waals surface area contributed by atoms with Crippen molar-refractivity contribution in [3.05, 3.63) is 0 Å². The zero-order valence-corrected chi connectivity index (χ0v) is 10.4. The summed E-state index contributed by atoms with van der Waals surface area (Å²) in [5.41, 5.74) is 0. The smallest absolute Gasteiger partial charge is 0.315 e. The lowest BCUT2D eigenvalue weighted by atomic mass is 10.1. The van der Waals surface area contributed by atoms with Gasteiger partial charge in [-0.05, 0) is 25.2 Å². The van der Waals surface area contributed by atoms with Crippen LogP contribution in [0, 0.1) is 5.92 Å². The largest absolute Gasteiger partial charge is 0.481 e. The molecule has 98 valence electrons. The number of hydrogen-bond acceptors (Lipinski definition) is 2. The molecule has 1 aliphatic rings. The number of amides is 2. The molecule has 0 heterocycles. The van der Waals surface area contributed by atoms with Crippen LogP contribution in [0.15, 0.2) is 0 Å². The SMILES string of the molecule is CCCCCNC(=O)NC(CC(=O)O)C1CC1. The van der Waals surface area contributed by atoms with Crippen LogP contribution in [0.3, 0.4) is 0 Å². The molecule has 1 saturated carbocycles. The van der Waals surface area contributed by atoms with Crippen molar-refractivity contribution in [1.29, 1.82) is 0 Å². The van der Waals surface area contributed by atoms with Crippen molar-refractivity contribution < 1.29 is 14.7 Å². The molecule has 0 bridgehead atoms. The van der Waals surface area contributed by atoms with Crippen LogP contribution in [-0.4, -0.2) is 29.7 Å². The van der Waals surface area contributed by atoms with E-state index >= 15 is 0 Å². The molecule has 3 N–H and O–H groups in total. The number of rotatable bonds is 8. The summed E-state index contributed by atoms with van der Waals surface area (Å²) in [4.78, 5) is 22.2. The third-order valence-electron chi connectivity index (χ3n) is 2.97. The van der Waals surface area contributed by atoms with E-state index in [0.29, 0.717) is 12.5 Å². The molecule has 1 unspecified atom stereocenters. The normalized spacial score (nSPS) is 16.3. The minimum atomic E-state index is -0.854. The maximum atomic E-state index is 11.5. The Labute approximate surface area is 102 Å². The third kappa shape index (κ3) is 6.14. The molecule has 0 radical (unpaired) electrons. The molecular formula is C12H22N2O3. The van der Waals surface area contributed by atoms with Gasteiger partial charge in [0.1, 0.15) is 0 Å². The number of hydrogen-bond donors (Lipinski definition) is 3. The van der Waals surface area contributed by atoms with Gasteiger partial charge in [0, 0.05) is 12.6 Å². The molecule has 0 aromatic rings. The lowest BCUT2D eigenvalue weighted by Gasteiger charge is -2.16. The first-order chi connectivity index (χ1) is 8.13. The Bertz CT molecular complexity index is 264. The lowest BCUT2D eigenvalue weighted by molar-refractivity contribution is -0.137. The zero-order valence-electron chi connectivity index (χ0n) is 10.4. The van der Waals surface area contributed by atoms with Crippen molar-refractivity contribution in [2.24, 2.45) is 5.92 Å². The Kier molecular flexibility index (Phi) is 5.80. The molecular weight excluding hydrogens is 220 g/mol. The van der Waals surface area contributed by atoms with Crippen molar-refractivity contribution in [1.82, 2.24) is 10.6 Å². The average Bonchev–Trinajstić information content (AvgIpc) is 3.06. The first-order valence-corrected chi connectivity index (χ1v) is 6.39. The molecule has 17 heavy (non-hydrogen) atoms. The number of aliphatic carboxylic acids is 1. The van der Waals surface area contributed by atoms with Gasteiger partial charge < -0.3 is 15.7 Å². The second kappa shape index (κ2) is 7.14. The van der Waals surface area contributed by atoms with Crippen molar-refractivity contribution in [2.45, 2.75) is 51.5 Å². The average molecular weight is 242 g/mol. The van der Waals surface area contributed by atoms with E-state index in [1.807, 2.05) is 0 Å². The Balaban J connectivity index is 2.19. The molecule has 0 saturated heterocycles.